The molecule has 86 valence electrons. The van der Waals surface area contributed by atoms with Gasteiger partial charge in [-0.3, -0.25) is 0 Å². The van der Waals surface area contributed by atoms with E-state index in [1.54, 1.807) is 30.9 Å². The number of hydrogen-bond acceptors (Lipinski definition) is 2. The fraction of sp³-hybridized carbons (Fsp3) is 0.333. The second-order valence-electron chi connectivity index (χ2n) is 3.90. The molecule has 16 heavy (non-hydrogen) atoms. The van der Waals surface area contributed by atoms with Gasteiger partial charge in [-0.1, -0.05) is 12.1 Å². The number of benzene rings is 1. The zero-order valence-electron chi connectivity index (χ0n) is 9.37. The Morgan fingerprint density at radius 2 is 2.25 bits per heavy atom. The van der Waals surface area contributed by atoms with Crippen molar-refractivity contribution < 1.29 is 9.50 Å². The predicted molar refractivity (Wildman–Crippen MR) is 61.8 cm³/mol. The van der Waals surface area contributed by atoms with Crippen LogP contribution < -0.4 is 5.32 Å². The summed E-state index contributed by atoms with van der Waals surface area (Å²) < 4.78 is 15.3. The number of nitrogens with one attached hydrogen (secondary N) is 1. The Balaban J connectivity index is 2.59. The van der Waals surface area contributed by atoms with Crippen molar-refractivity contribution in [3.63, 3.8) is 0 Å². The molecular weight excluding hydrogens is 207 g/mol. The molecule has 0 bridgehead atoms. The van der Waals surface area contributed by atoms with Crippen LogP contribution in [0.2, 0.25) is 0 Å². The van der Waals surface area contributed by atoms with Gasteiger partial charge in [0.25, 0.3) is 0 Å². The van der Waals surface area contributed by atoms with Gasteiger partial charge in [-0.25, -0.2) is 4.39 Å². The van der Waals surface area contributed by atoms with Crippen molar-refractivity contribution in [2.45, 2.75) is 6.10 Å². The van der Waals surface area contributed by atoms with Crippen molar-refractivity contribution in [2.75, 3.05) is 13.6 Å². The van der Waals surface area contributed by atoms with E-state index >= 15 is 0 Å². The highest BCUT2D eigenvalue weighted by molar-refractivity contribution is 5.84. The van der Waals surface area contributed by atoms with Crippen LogP contribution in [0.1, 0.15) is 11.7 Å². The number of halogens is 1. The third-order valence-corrected chi connectivity index (χ3v) is 2.74. The molecular formula is C12H15FN2O. The summed E-state index contributed by atoms with van der Waals surface area (Å²) in [5.41, 5.74) is 1.29. The monoisotopic (exact) mass is 222 g/mol. The van der Waals surface area contributed by atoms with Crippen molar-refractivity contribution in [3.8, 4) is 0 Å². The van der Waals surface area contributed by atoms with E-state index in [1.807, 2.05) is 6.07 Å². The summed E-state index contributed by atoms with van der Waals surface area (Å²) in [7, 11) is 3.55. The summed E-state index contributed by atoms with van der Waals surface area (Å²) >= 11 is 0. The SMILES string of the molecule is CNCC(O)c1cn(C)c2c(F)cccc12. The maximum absolute atomic E-state index is 13.6. The molecule has 0 aliphatic carbocycles. The van der Waals surface area contributed by atoms with E-state index in [9.17, 15) is 9.50 Å². The first-order chi connectivity index (χ1) is 7.65. The lowest BCUT2D eigenvalue weighted by Gasteiger charge is -2.08. The van der Waals surface area contributed by atoms with Gasteiger partial charge < -0.3 is 15.0 Å². The third-order valence-electron chi connectivity index (χ3n) is 2.74. The molecule has 0 aliphatic rings. The molecule has 0 saturated carbocycles. The lowest BCUT2D eigenvalue weighted by Crippen LogP contribution is -2.16. The Morgan fingerprint density at radius 3 is 2.94 bits per heavy atom. The quantitative estimate of drug-likeness (QED) is 0.827. The summed E-state index contributed by atoms with van der Waals surface area (Å²) in [4.78, 5) is 0. The number of fused-ring (bicyclic) bond motifs is 1. The van der Waals surface area contributed by atoms with Crippen molar-refractivity contribution in [1.82, 2.24) is 9.88 Å². The molecule has 1 unspecified atom stereocenters. The van der Waals surface area contributed by atoms with Crippen LogP contribution in [-0.2, 0) is 7.05 Å². The minimum absolute atomic E-state index is 0.261. The smallest absolute Gasteiger partial charge is 0.147 e. The summed E-state index contributed by atoms with van der Waals surface area (Å²) in [5, 5.41) is 13.6. The zero-order chi connectivity index (χ0) is 11.7. The molecule has 0 radical (unpaired) electrons. The Kier molecular flexibility index (Phi) is 2.94. The topological polar surface area (TPSA) is 37.2 Å². The van der Waals surface area contributed by atoms with Gasteiger partial charge in [0.05, 0.1) is 11.6 Å². The summed E-state index contributed by atoms with van der Waals surface area (Å²) in [5.74, 6) is -0.261. The standard InChI is InChI=1S/C12H15FN2O/c1-14-6-11(16)9-7-15(2)12-8(9)4-3-5-10(12)13/h3-5,7,11,14,16H,6H2,1-2H3. The van der Waals surface area contributed by atoms with Crippen LogP contribution >= 0.6 is 0 Å². The number of aliphatic hydroxyl groups is 1. The molecule has 2 N–H and O–H groups in total. The van der Waals surface area contributed by atoms with E-state index in [-0.39, 0.29) is 5.82 Å². The highest BCUT2D eigenvalue weighted by Gasteiger charge is 2.15. The van der Waals surface area contributed by atoms with Crippen LogP contribution in [0.5, 0.6) is 0 Å². The van der Waals surface area contributed by atoms with Crippen molar-refractivity contribution in [1.29, 1.82) is 0 Å². The molecule has 0 saturated heterocycles. The number of rotatable bonds is 3. The maximum atomic E-state index is 13.6. The van der Waals surface area contributed by atoms with E-state index in [4.69, 9.17) is 0 Å². The summed E-state index contributed by atoms with van der Waals surface area (Å²) in [6.07, 6.45) is 1.16. The number of hydrogen-bond donors (Lipinski definition) is 2. The van der Waals surface area contributed by atoms with E-state index < -0.39 is 6.10 Å². The molecule has 4 heteroatoms. The molecule has 0 fully saturated rings. The normalized spacial score (nSPS) is 13.2. The number of nitrogens with zero attached hydrogens (tertiary/aromatic N) is 1. The molecule has 3 nitrogen and oxygen atoms in total. The molecule has 1 heterocycles. The second-order valence-corrected chi connectivity index (χ2v) is 3.90. The first-order valence-corrected chi connectivity index (χ1v) is 5.21. The first-order valence-electron chi connectivity index (χ1n) is 5.21. The molecule has 1 aromatic heterocycles. The Hall–Kier alpha value is -1.39. The van der Waals surface area contributed by atoms with Crippen LogP contribution in [0.4, 0.5) is 4.39 Å². The summed E-state index contributed by atoms with van der Waals surface area (Å²) in [6.45, 7) is 0.454. The van der Waals surface area contributed by atoms with Crippen LogP contribution in [0.25, 0.3) is 10.9 Å². The molecule has 0 spiro atoms. The van der Waals surface area contributed by atoms with E-state index in [0.717, 1.165) is 10.9 Å². The second kappa shape index (κ2) is 4.23. The number of aromatic nitrogens is 1. The Morgan fingerprint density at radius 1 is 1.50 bits per heavy atom. The number of likely N-dealkylation sites (N-methyl/N-ethyl adjacent to an activating group) is 1. The largest absolute Gasteiger partial charge is 0.387 e. The lowest BCUT2D eigenvalue weighted by atomic mass is 10.1. The highest BCUT2D eigenvalue weighted by atomic mass is 19.1. The molecule has 2 aromatic rings. The van der Waals surface area contributed by atoms with Gasteiger partial charge in [-0.2, -0.15) is 0 Å². The molecule has 0 amide bonds. The minimum atomic E-state index is -0.615. The number of para-hydroxylation sites is 1. The maximum Gasteiger partial charge on any atom is 0.147 e. The lowest BCUT2D eigenvalue weighted by molar-refractivity contribution is 0.179. The van der Waals surface area contributed by atoms with Gasteiger partial charge >= 0.3 is 0 Å². The molecule has 1 atom stereocenters. The Labute approximate surface area is 93.5 Å². The number of aliphatic hydroxyl groups excluding tert-OH is 1. The van der Waals surface area contributed by atoms with Crippen LogP contribution in [0, 0.1) is 5.82 Å². The average molecular weight is 222 g/mol. The van der Waals surface area contributed by atoms with Crippen LogP contribution in [0.15, 0.2) is 24.4 Å². The van der Waals surface area contributed by atoms with E-state index in [1.165, 1.54) is 6.07 Å². The van der Waals surface area contributed by atoms with E-state index in [0.29, 0.717) is 12.1 Å². The minimum Gasteiger partial charge on any atom is -0.387 e. The van der Waals surface area contributed by atoms with Gasteiger partial charge in [0.15, 0.2) is 0 Å². The summed E-state index contributed by atoms with van der Waals surface area (Å²) in [6, 6.07) is 4.91. The van der Waals surface area contributed by atoms with Gasteiger partial charge in [0.1, 0.15) is 5.82 Å². The first kappa shape index (κ1) is 11.1. The van der Waals surface area contributed by atoms with Gasteiger partial charge in [-0.05, 0) is 13.1 Å². The van der Waals surface area contributed by atoms with Crippen LogP contribution in [0.3, 0.4) is 0 Å². The Bertz CT molecular complexity index is 507. The van der Waals surface area contributed by atoms with Gasteiger partial charge in [0, 0.05) is 30.7 Å². The molecule has 0 aliphatic heterocycles. The van der Waals surface area contributed by atoms with Gasteiger partial charge in [0.2, 0.25) is 0 Å². The fourth-order valence-electron chi connectivity index (χ4n) is 2.02. The van der Waals surface area contributed by atoms with Crippen molar-refractivity contribution in [2.24, 2.45) is 7.05 Å². The average Bonchev–Trinajstić information content (AvgIpc) is 2.58. The number of aryl methyl sites for hydroxylation is 1. The predicted octanol–water partition coefficient (Wildman–Crippen LogP) is 1.57. The molecule has 1 aromatic carbocycles. The van der Waals surface area contributed by atoms with E-state index in [2.05, 4.69) is 5.32 Å². The zero-order valence-corrected chi connectivity index (χ0v) is 9.37. The fourth-order valence-corrected chi connectivity index (χ4v) is 2.02. The van der Waals surface area contributed by atoms with Gasteiger partial charge in [-0.15, -0.1) is 0 Å². The highest BCUT2D eigenvalue weighted by Crippen LogP contribution is 2.27. The van der Waals surface area contributed by atoms with Crippen molar-refractivity contribution >= 4 is 10.9 Å². The van der Waals surface area contributed by atoms with Crippen LogP contribution in [-0.4, -0.2) is 23.3 Å². The van der Waals surface area contributed by atoms with Crippen molar-refractivity contribution in [3.05, 3.63) is 35.8 Å². The molecule has 2 rings (SSSR count). The third kappa shape index (κ3) is 1.70.